The van der Waals surface area contributed by atoms with Gasteiger partial charge >= 0.3 is 0 Å². The molecule has 0 spiro atoms. The molecule has 1 saturated heterocycles. The smallest absolute Gasteiger partial charge is 0.269 e. The van der Waals surface area contributed by atoms with Crippen molar-refractivity contribution in [2.75, 3.05) is 31.1 Å². The summed E-state index contributed by atoms with van der Waals surface area (Å²) in [5, 5.41) is 0. The molecular formula is C20H19FN4O2. The lowest BCUT2D eigenvalue weighted by atomic mass is 10.2. The van der Waals surface area contributed by atoms with Crippen molar-refractivity contribution >= 4 is 22.6 Å². The molecule has 1 amide bonds. The van der Waals surface area contributed by atoms with Crippen LogP contribution in [0.5, 0.6) is 0 Å². The molecule has 0 N–H and O–H groups in total. The Morgan fingerprint density at radius 3 is 2.44 bits per heavy atom. The minimum absolute atomic E-state index is 0.00157. The van der Waals surface area contributed by atoms with Crippen molar-refractivity contribution in [3.8, 4) is 0 Å². The number of piperazine rings is 1. The number of nitrogens with zero attached hydrogens (tertiary/aromatic N) is 4. The Kier molecular flexibility index (Phi) is 4.58. The second kappa shape index (κ2) is 7.19. The van der Waals surface area contributed by atoms with Gasteiger partial charge in [-0.1, -0.05) is 12.1 Å². The highest BCUT2D eigenvalue weighted by atomic mass is 19.1. The molecule has 2 aromatic carbocycles. The molecule has 1 fully saturated rings. The van der Waals surface area contributed by atoms with Crippen LogP contribution in [0.2, 0.25) is 0 Å². The topological polar surface area (TPSA) is 58.4 Å². The van der Waals surface area contributed by atoms with Gasteiger partial charge in [0.05, 0.1) is 17.2 Å². The number of hydrogen-bond donors (Lipinski definition) is 0. The minimum Gasteiger partial charge on any atom is -0.368 e. The number of amides is 1. The minimum atomic E-state index is -0.285. The van der Waals surface area contributed by atoms with Crippen LogP contribution < -0.4 is 10.5 Å². The number of para-hydroxylation sites is 2. The molecule has 0 saturated carbocycles. The predicted octanol–water partition coefficient (Wildman–Crippen LogP) is 1.88. The van der Waals surface area contributed by atoms with Gasteiger partial charge in [0.1, 0.15) is 12.4 Å². The van der Waals surface area contributed by atoms with Crippen LogP contribution in [0.1, 0.15) is 0 Å². The van der Waals surface area contributed by atoms with Crippen molar-refractivity contribution in [1.82, 2.24) is 14.5 Å². The molecule has 0 bridgehead atoms. The molecular weight excluding hydrogens is 347 g/mol. The van der Waals surface area contributed by atoms with Crippen molar-refractivity contribution in [2.24, 2.45) is 0 Å². The van der Waals surface area contributed by atoms with Crippen LogP contribution in [0.15, 0.2) is 59.5 Å². The summed E-state index contributed by atoms with van der Waals surface area (Å²) in [4.78, 5) is 32.9. The molecule has 1 aliphatic rings. The molecule has 0 atom stereocenters. The third-order valence-corrected chi connectivity index (χ3v) is 4.87. The first-order chi connectivity index (χ1) is 13.1. The monoisotopic (exact) mass is 366 g/mol. The van der Waals surface area contributed by atoms with Crippen LogP contribution in [0.25, 0.3) is 11.0 Å². The van der Waals surface area contributed by atoms with E-state index in [1.165, 1.54) is 22.9 Å². The zero-order valence-corrected chi connectivity index (χ0v) is 14.7. The van der Waals surface area contributed by atoms with Crippen molar-refractivity contribution in [3.63, 3.8) is 0 Å². The average Bonchev–Trinajstić information content (AvgIpc) is 2.71. The molecule has 27 heavy (non-hydrogen) atoms. The van der Waals surface area contributed by atoms with E-state index in [9.17, 15) is 14.0 Å². The highest BCUT2D eigenvalue weighted by Crippen LogP contribution is 2.17. The summed E-state index contributed by atoms with van der Waals surface area (Å²) in [7, 11) is 0. The summed E-state index contributed by atoms with van der Waals surface area (Å²) in [5.74, 6) is -0.352. The van der Waals surface area contributed by atoms with Gasteiger partial charge in [-0.3, -0.25) is 14.2 Å². The Balaban J connectivity index is 1.45. The number of carbonyl (C=O) groups excluding carboxylic acids is 1. The predicted molar refractivity (Wildman–Crippen MR) is 101 cm³/mol. The summed E-state index contributed by atoms with van der Waals surface area (Å²) < 4.78 is 14.5. The van der Waals surface area contributed by atoms with Gasteiger partial charge in [-0.15, -0.1) is 0 Å². The number of aromatic nitrogens is 2. The first kappa shape index (κ1) is 17.2. The molecule has 2 heterocycles. The van der Waals surface area contributed by atoms with Gasteiger partial charge in [0.25, 0.3) is 5.56 Å². The van der Waals surface area contributed by atoms with E-state index in [0.29, 0.717) is 37.2 Å². The Morgan fingerprint density at radius 1 is 1.00 bits per heavy atom. The maximum atomic E-state index is 13.1. The number of carbonyl (C=O) groups is 1. The van der Waals surface area contributed by atoms with E-state index in [4.69, 9.17) is 0 Å². The third kappa shape index (κ3) is 3.53. The average molecular weight is 366 g/mol. The van der Waals surface area contributed by atoms with Gasteiger partial charge in [-0.05, 0) is 36.4 Å². The summed E-state index contributed by atoms with van der Waals surface area (Å²) in [6.45, 7) is 2.47. The lowest BCUT2D eigenvalue weighted by Gasteiger charge is -2.36. The van der Waals surface area contributed by atoms with Crippen molar-refractivity contribution < 1.29 is 9.18 Å². The number of hydrogen-bond acceptors (Lipinski definition) is 4. The molecule has 0 aliphatic carbocycles. The summed E-state index contributed by atoms with van der Waals surface area (Å²) in [5.41, 5.74) is 2.00. The molecule has 6 nitrogen and oxygen atoms in total. The number of fused-ring (bicyclic) bond motifs is 1. The van der Waals surface area contributed by atoms with E-state index in [-0.39, 0.29) is 23.8 Å². The van der Waals surface area contributed by atoms with E-state index < -0.39 is 0 Å². The molecule has 1 aromatic heterocycles. The first-order valence-electron chi connectivity index (χ1n) is 8.85. The second-order valence-electron chi connectivity index (χ2n) is 6.52. The largest absolute Gasteiger partial charge is 0.368 e. The van der Waals surface area contributed by atoms with Crippen LogP contribution in [0, 0.1) is 5.82 Å². The summed E-state index contributed by atoms with van der Waals surface area (Å²) >= 11 is 0. The standard InChI is InChI=1S/C20H19FN4O2/c21-15-5-7-16(8-6-15)23-9-11-24(12-10-23)20(27)14-25-18-4-2-1-3-17(18)22-13-19(25)26/h1-8,13H,9-12,14H2. The van der Waals surface area contributed by atoms with Gasteiger partial charge in [0.15, 0.2) is 0 Å². The first-order valence-corrected chi connectivity index (χ1v) is 8.85. The summed E-state index contributed by atoms with van der Waals surface area (Å²) in [6.07, 6.45) is 1.25. The lowest BCUT2D eigenvalue weighted by Crippen LogP contribution is -2.50. The van der Waals surface area contributed by atoms with E-state index in [2.05, 4.69) is 9.88 Å². The fraction of sp³-hybridized carbons (Fsp3) is 0.250. The van der Waals surface area contributed by atoms with Crippen molar-refractivity contribution in [1.29, 1.82) is 0 Å². The lowest BCUT2D eigenvalue weighted by molar-refractivity contribution is -0.132. The van der Waals surface area contributed by atoms with E-state index in [1.807, 2.05) is 18.2 Å². The number of rotatable bonds is 3. The van der Waals surface area contributed by atoms with Crippen LogP contribution in [-0.2, 0) is 11.3 Å². The summed E-state index contributed by atoms with van der Waals surface area (Å²) in [6, 6.07) is 13.7. The van der Waals surface area contributed by atoms with Gasteiger partial charge < -0.3 is 9.80 Å². The molecule has 3 aromatic rings. The number of anilines is 1. The third-order valence-electron chi connectivity index (χ3n) is 4.87. The highest BCUT2D eigenvalue weighted by molar-refractivity contribution is 5.80. The normalized spacial score (nSPS) is 14.6. The fourth-order valence-corrected chi connectivity index (χ4v) is 3.38. The van der Waals surface area contributed by atoms with E-state index in [1.54, 1.807) is 23.1 Å². The van der Waals surface area contributed by atoms with Crippen molar-refractivity contribution in [3.05, 3.63) is 70.9 Å². The molecule has 4 rings (SSSR count). The second-order valence-corrected chi connectivity index (χ2v) is 6.52. The van der Waals surface area contributed by atoms with Crippen LogP contribution in [-0.4, -0.2) is 46.5 Å². The molecule has 1 aliphatic heterocycles. The Bertz CT molecular complexity index is 1020. The fourth-order valence-electron chi connectivity index (χ4n) is 3.38. The Labute approximate surface area is 155 Å². The van der Waals surface area contributed by atoms with Gasteiger partial charge in [-0.2, -0.15) is 0 Å². The van der Waals surface area contributed by atoms with Crippen molar-refractivity contribution in [2.45, 2.75) is 6.54 Å². The van der Waals surface area contributed by atoms with Gasteiger partial charge in [-0.25, -0.2) is 9.37 Å². The maximum Gasteiger partial charge on any atom is 0.269 e. The van der Waals surface area contributed by atoms with Crippen LogP contribution in [0.4, 0.5) is 10.1 Å². The number of halogens is 1. The van der Waals surface area contributed by atoms with Gasteiger partial charge in [0, 0.05) is 31.9 Å². The Morgan fingerprint density at radius 2 is 1.70 bits per heavy atom. The van der Waals surface area contributed by atoms with E-state index in [0.717, 1.165) is 5.69 Å². The van der Waals surface area contributed by atoms with E-state index >= 15 is 0 Å². The maximum absolute atomic E-state index is 13.1. The number of benzene rings is 2. The Hall–Kier alpha value is -3.22. The highest BCUT2D eigenvalue weighted by Gasteiger charge is 2.22. The molecule has 138 valence electrons. The molecule has 7 heteroatoms. The van der Waals surface area contributed by atoms with Gasteiger partial charge in [0.2, 0.25) is 5.91 Å². The zero-order chi connectivity index (χ0) is 18.8. The molecule has 0 radical (unpaired) electrons. The zero-order valence-electron chi connectivity index (χ0n) is 14.7. The van der Waals surface area contributed by atoms with Crippen LogP contribution >= 0.6 is 0 Å². The molecule has 0 unspecified atom stereocenters. The SMILES string of the molecule is O=C(Cn1c(=O)cnc2ccccc21)N1CCN(c2ccc(F)cc2)CC1. The quantitative estimate of drug-likeness (QED) is 0.710. The van der Waals surface area contributed by atoms with Crippen LogP contribution in [0.3, 0.4) is 0 Å².